The number of amides is 1. The number of thiophene rings is 1. The van der Waals surface area contributed by atoms with Crippen LogP contribution >= 0.6 is 11.3 Å². The molecule has 1 atom stereocenters. The van der Waals surface area contributed by atoms with Crippen molar-refractivity contribution in [2.45, 2.75) is 26.3 Å². The Labute approximate surface area is 195 Å². The van der Waals surface area contributed by atoms with Gasteiger partial charge in [0.2, 0.25) is 0 Å². The highest BCUT2D eigenvalue weighted by molar-refractivity contribution is 7.12. The zero-order valence-corrected chi connectivity index (χ0v) is 19.6. The number of hydrazone groups is 1. The smallest absolute Gasteiger partial charge is 0.342 e. The summed E-state index contributed by atoms with van der Waals surface area (Å²) in [5.41, 5.74) is 1.94. The lowest BCUT2D eigenvalue weighted by atomic mass is 10.0. The highest BCUT2D eigenvalue weighted by Gasteiger charge is 2.34. The van der Waals surface area contributed by atoms with Gasteiger partial charge in [0, 0.05) is 6.42 Å². The van der Waals surface area contributed by atoms with Gasteiger partial charge in [0.05, 0.1) is 30.9 Å². The van der Waals surface area contributed by atoms with Crippen molar-refractivity contribution in [1.29, 1.82) is 0 Å². The van der Waals surface area contributed by atoms with Crippen molar-refractivity contribution >= 4 is 28.9 Å². The number of hydrogen-bond acceptors (Lipinski definition) is 8. The van der Waals surface area contributed by atoms with Crippen LogP contribution in [0, 0.1) is 13.8 Å². The van der Waals surface area contributed by atoms with E-state index in [1.165, 1.54) is 5.01 Å². The molecule has 0 aliphatic carbocycles. The summed E-state index contributed by atoms with van der Waals surface area (Å²) in [4.78, 5) is 26.5. The van der Waals surface area contributed by atoms with Crippen LogP contribution < -0.4 is 9.47 Å². The summed E-state index contributed by atoms with van der Waals surface area (Å²) in [6.45, 7) is 2.98. The van der Waals surface area contributed by atoms with Crippen LogP contribution in [0.4, 0.5) is 0 Å². The van der Waals surface area contributed by atoms with E-state index in [-0.39, 0.29) is 6.04 Å². The van der Waals surface area contributed by atoms with E-state index in [1.807, 2.05) is 29.6 Å². The van der Waals surface area contributed by atoms with Gasteiger partial charge in [0.15, 0.2) is 18.1 Å². The summed E-state index contributed by atoms with van der Waals surface area (Å²) in [5.74, 6) is 1.17. The minimum Gasteiger partial charge on any atom is -0.493 e. The number of carbonyl (C=O) groups is 2. The van der Waals surface area contributed by atoms with E-state index in [0.717, 1.165) is 16.2 Å². The quantitative estimate of drug-likeness (QED) is 0.474. The maximum Gasteiger partial charge on any atom is 0.342 e. The molecule has 4 rings (SSSR count). The Balaban J connectivity index is 1.57. The van der Waals surface area contributed by atoms with Crippen molar-refractivity contribution < 1.29 is 28.2 Å². The number of nitrogens with zero attached hydrogens (tertiary/aromatic N) is 2. The van der Waals surface area contributed by atoms with Gasteiger partial charge >= 0.3 is 5.97 Å². The molecule has 1 amide bonds. The topological polar surface area (TPSA) is 90.6 Å². The van der Waals surface area contributed by atoms with E-state index in [9.17, 15) is 9.59 Å². The average molecular weight is 469 g/mol. The lowest BCUT2D eigenvalue weighted by molar-refractivity contribution is -0.136. The summed E-state index contributed by atoms with van der Waals surface area (Å²) in [7, 11) is 3.13. The minimum atomic E-state index is -0.609. The predicted octanol–water partition coefficient (Wildman–Crippen LogP) is 4.51. The Morgan fingerprint density at radius 2 is 1.94 bits per heavy atom. The minimum absolute atomic E-state index is 0.306. The number of aryl methyl sites for hydroxylation is 2. The Hall–Kier alpha value is -3.59. The second kappa shape index (κ2) is 9.50. The fourth-order valence-corrected chi connectivity index (χ4v) is 4.48. The first-order valence-corrected chi connectivity index (χ1v) is 11.2. The predicted molar refractivity (Wildman–Crippen MR) is 123 cm³/mol. The van der Waals surface area contributed by atoms with Crippen LogP contribution in [0.2, 0.25) is 0 Å². The van der Waals surface area contributed by atoms with Crippen LogP contribution in [-0.2, 0) is 9.53 Å². The molecule has 0 N–H and O–H groups in total. The monoisotopic (exact) mass is 468 g/mol. The van der Waals surface area contributed by atoms with Gasteiger partial charge < -0.3 is 18.6 Å². The molecule has 3 aromatic rings. The van der Waals surface area contributed by atoms with Gasteiger partial charge in [-0.05, 0) is 49.1 Å². The van der Waals surface area contributed by atoms with Gasteiger partial charge in [0.25, 0.3) is 5.91 Å². The first-order valence-electron chi connectivity index (χ1n) is 10.3. The van der Waals surface area contributed by atoms with E-state index >= 15 is 0 Å². The molecule has 1 aliphatic heterocycles. The summed E-state index contributed by atoms with van der Waals surface area (Å²) < 4.78 is 21.4. The SMILES string of the molecule is COc1ccc([C@@H]2CC(c3cccs3)=NN2C(=O)COC(=O)c2cc(C)oc2C)cc1OC. The van der Waals surface area contributed by atoms with Crippen molar-refractivity contribution in [3.8, 4) is 11.5 Å². The molecule has 1 aromatic carbocycles. The Kier molecular flexibility index (Phi) is 6.50. The van der Waals surface area contributed by atoms with E-state index in [2.05, 4.69) is 5.10 Å². The van der Waals surface area contributed by atoms with Crippen LogP contribution in [0.1, 0.15) is 44.8 Å². The second-order valence-electron chi connectivity index (χ2n) is 7.50. The maximum atomic E-state index is 13.1. The molecule has 33 heavy (non-hydrogen) atoms. The lowest BCUT2D eigenvalue weighted by Crippen LogP contribution is -2.31. The molecular weight excluding hydrogens is 444 g/mol. The van der Waals surface area contributed by atoms with Crippen molar-refractivity contribution in [2.75, 3.05) is 20.8 Å². The van der Waals surface area contributed by atoms with Gasteiger partial charge in [-0.1, -0.05) is 12.1 Å². The fraction of sp³-hybridized carbons (Fsp3) is 0.292. The van der Waals surface area contributed by atoms with Crippen molar-refractivity contribution in [3.05, 3.63) is 69.3 Å². The molecule has 0 bridgehead atoms. The molecule has 3 heterocycles. The zero-order valence-electron chi connectivity index (χ0n) is 18.8. The summed E-state index contributed by atoms with van der Waals surface area (Å²) in [6, 6.07) is 10.6. The number of methoxy groups -OCH3 is 2. The van der Waals surface area contributed by atoms with E-state index < -0.39 is 18.5 Å². The Morgan fingerprint density at radius 3 is 2.58 bits per heavy atom. The number of carbonyl (C=O) groups excluding carboxylic acids is 2. The number of esters is 1. The first kappa shape index (κ1) is 22.6. The molecule has 0 radical (unpaired) electrons. The number of rotatable bonds is 7. The fourth-order valence-electron chi connectivity index (χ4n) is 3.76. The van der Waals surface area contributed by atoms with Crippen molar-refractivity contribution in [3.63, 3.8) is 0 Å². The molecular formula is C24H24N2O6S. The van der Waals surface area contributed by atoms with Gasteiger partial charge in [-0.2, -0.15) is 5.10 Å². The standard InChI is InChI=1S/C24H24N2O6S/c1-14-10-17(15(2)32-14)24(28)31-13-23(27)26-19(12-18(25-26)22-6-5-9-33-22)16-7-8-20(29-3)21(11-16)30-4/h5-11,19H,12-13H2,1-4H3/t19-/m0/s1. The molecule has 2 aromatic heterocycles. The summed E-state index contributed by atoms with van der Waals surface area (Å²) >= 11 is 1.56. The molecule has 0 fully saturated rings. The third-order valence-corrected chi connectivity index (χ3v) is 6.27. The lowest BCUT2D eigenvalue weighted by Gasteiger charge is -2.22. The van der Waals surface area contributed by atoms with Crippen molar-refractivity contribution in [2.24, 2.45) is 5.10 Å². The Bertz CT molecular complexity index is 1200. The number of ether oxygens (including phenoxy) is 3. The first-order chi connectivity index (χ1) is 15.9. The maximum absolute atomic E-state index is 13.1. The van der Waals surface area contributed by atoms with Crippen LogP contribution in [0.5, 0.6) is 11.5 Å². The van der Waals surface area contributed by atoms with Gasteiger partial charge in [-0.3, -0.25) is 4.79 Å². The van der Waals surface area contributed by atoms with Crippen LogP contribution in [0.15, 0.2) is 51.3 Å². The average Bonchev–Trinajstić information content (AvgIpc) is 3.56. The van der Waals surface area contributed by atoms with Crippen LogP contribution in [0.25, 0.3) is 0 Å². The van der Waals surface area contributed by atoms with Crippen LogP contribution in [-0.4, -0.2) is 43.4 Å². The van der Waals surface area contributed by atoms with E-state index in [4.69, 9.17) is 18.6 Å². The Morgan fingerprint density at radius 1 is 1.15 bits per heavy atom. The molecule has 1 aliphatic rings. The second-order valence-corrected chi connectivity index (χ2v) is 8.45. The molecule has 172 valence electrons. The molecule has 0 saturated carbocycles. The normalized spacial score (nSPS) is 15.3. The molecule has 8 nitrogen and oxygen atoms in total. The van der Waals surface area contributed by atoms with E-state index in [0.29, 0.717) is 35.0 Å². The molecule has 9 heteroatoms. The third kappa shape index (κ3) is 4.63. The van der Waals surface area contributed by atoms with E-state index in [1.54, 1.807) is 51.5 Å². The van der Waals surface area contributed by atoms with Crippen molar-refractivity contribution in [1.82, 2.24) is 5.01 Å². The molecule has 0 unspecified atom stereocenters. The molecule has 0 spiro atoms. The van der Waals surface area contributed by atoms with Gasteiger partial charge in [0.1, 0.15) is 17.1 Å². The van der Waals surface area contributed by atoms with Gasteiger partial charge in [-0.15, -0.1) is 11.3 Å². The van der Waals surface area contributed by atoms with Crippen LogP contribution in [0.3, 0.4) is 0 Å². The number of hydrogen-bond donors (Lipinski definition) is 0. The summed E-state index contributed by atoms with van der Waals surface area (Å²) in [5, 5.41) is 7.94. The number of furan rings is 1. The number of benzene rings is 1. The molecule has 0 saturated heterocycles. The summed E-state index contributed by atoms with van der Waals surface area (Å²) in [6.07, 6.45) is 0.524. The highest BCUT2D eigenvalue weighted by Crippen LogP contribution is 2.37. The third-order valence-electron chi connectivity index (χ3n) is 5.35. The zero-order chi connectivity index (χ0) is 23.5. The largest absolute Gasteiger partial charge is 0.493 e. The van der Waals surface area contributed by atoms with Gasteiger partial charge in [-0.25, -0.2) is 9.80 Å². The highest BCUT2D eigenvalue weighted by atomic mass is 32.1.